The molecule has 1 heterocycles. The van der Waals surface area contributed by atoms with E-state index < -0.39 is 11.7 Å². The van der Waals surface area contributed by atoms with Gasteiger partial charge in [-0.15, -0.1) is 11.3 Å². The number of nitrogens with one attached hydrogen (secondary N) is 1. The molecule has 1 aromatic heterocycles. The molecular formula is C12H12FN3OS. The number of aromatic nitrogens is 1. The number of nitrogens with two attached hydrogens (primary N) is 1. The molecule has 1 aromatic carbocycles. The first-order valence-electron chi connectivity index (χ1n) is 5.29. The van der Waals surface area contributed by atoms with Crippen molar-refractivity contribution in [3.63, 3.8) is 0 Å². The average molecular weight is 265 g/mol. The second-order valence-electron chi connectivity index (χ2n) is 3.85. The maximum atomic E-state index is 13.8. The van der Waals surface area contributed by atoms with Crippen molar-refractivity contribution in [2.24, 2.45) is 0 Å². The summed E-state index contributed by atoms with van der Waals surface area (Å²) in [5.74, 6) is -1.01. The number of thiazole rings is 1. The van der Waals surface area contributed by atoms with E-state index in [4.69, 9.17) is 5.73 Å². The Labute approximate surface area is 108 Å². The van der Waals surface area contributed by atoms with E-state index in [9.17, 15) is 9.18 Å². The van der Waals surface area contributed by atoms with Gasteiger partial charge in [0.05, 0.1) is 17.6 Å². The van der Waals surface area contributed by atoms with Crippen LogP contribution in [0, 0.1) is 12.7 Å². The second-order valence-corrected chi connectivity index (χ2v) is 4.82. The number of carbonyl (C=O) groups is 1. The van der Waals surface area contributed by atoms with Gasteiger partial charge in [-0.1, -0.05) is 0 Å². The molecule has 18 heavy (non-hydrogen) atoms. The zero-order valence-electron chi connectivity index (χ0n) is 9.74. The number of nitrogens with zero attached hydrogens (tertiary/aromatic N) is 1. The highest BCUT2D eigenvalue weighted by molar-refractivity contribution is 7.09. The summed E-state index contributed by atoms with van der Waals surface area (Å²) >= 11 is 1.43. The molecule has 0 fully saturated rings. The van der Waals surface area contributed by atoms with Gasteiger partial charge in [-0.2, -0.15) is 0 Å². The lowest BCUT2D eigenvalue weighted by atomic mass is 10.1. The highest BCUT2D eigenvalue weighted by atomic mass is 32.1. The minimum atomic E-state index is -0.536. The Kier molecular flexibility index (Phi) is 3.57. The molecular weight excluding hydrogens is 253 g/mol. The molecule has 2 aromatic rings. The minimum absolute atomic E-state index is 0.0305. The molecule has 1 amide bonds. The van der Waals surface area contributed by atoms with Crippen LogP contribution in [0.4, 0.5) is 10.1 Å². The quantitative estimate of drug-likeness (QED) is 0.835. The fourth-order valence-electron chi connectivity index (χ4n) is 1.55. The van der Waals surface area contributed by atoms with Gasteiger partial charge in [0.2, 0.25) is 0 Å². The molecule has 0 aliphatic rings. The van der Waals surface area contributed by atoms with Gasteiger partial charge in [-0.25, -0.2) is 4.39 Å². The first-order valence-corrected chi connectivity index (χ1v) is 6.17. The first-order chi connectivity index (χ1) is 8.58. The van der Waals surface area contributed by atoms with Crippen molar-refractivity contribution in [2.75, 3.05) is 5.73 Å². The number of hydrogen-bond acceptors (Lipinski definition) is 4. The molecule has 3 N–H and O–H groups in total. The zero-order chi connectivity index (χ0) is 13.1. The Bertz CT molecular complexity index is 569. The Morgan fingerprint density at radius 1 is 1.56 bits per heavy atom. The maximum absolute atomic E-state index is 13.8. The Balaban J connectivity index is 2.14. The molecule has 2 rings (SSSR count). The number of aryl methyl sites for hydroxylation is 1. The van der Waals surface area contributed by atoms with Gasteiger partial charge in [0, 0.05) is 16.8 Å². The molecule has 0 spiro atoms. The minimum Gasteiger partial charge on any atom is -0.399 e. The summed E-state index contributed by atoms with van der Waals surface area (Å²) in [4.78, 5) is 16.6. The summed E-state index contributed by atoms with van der Waals surface area (Å²) in [7, 11) is 0. The van der Waals surface area contributed by atoms with Crippen LogP contribution in [0.2, 0.25) is 0 Å². The fourth-order valence-corrected chi connectivity index (χ4v) is 2.09. The van der Waals surface area contributed by atoms with E-state index in [0.29, 0.717) is 17.8 Å². The summed E-state index contributed by atoms with van der Waals surface area (Å²) in [6.45, 7) is 1.91. The van der Waals surface area contributed by atoms with Crippen LogP contribution in [0.1, 0.15) is 20.8 Å². The highest BCUT2D eigenvalue weighted by Gasteiger charge is 2.14. The summed E-state index contributed by atoms with van der Waals surface area (Å²) in [5, 5.41) is 2.63. The predicted molar refractivity (Wildman–Crippen MR) is 68.8 cm³/mol. The highest BCUT2D eigenvalue weighted by Crippen LogP contribution is 2.17. The number of carbonyl (C=O) groups excluding carboxylic acids is 1. The van der Waals surface area contributed by atoms with Gasteiger partial charge < -0.3 is 11.1 Å². The van der Waals surface area contributed by atoms with Crippen LogP contribution >= 0.6 is 11.3 Å². The molecule has 4 nitrogen and oxygen atoms in total. The summed E-state index contributed by atoms with van der Waals surface area (Å²) in [6, 6.07) is 2.83. The Morgan fingerprint density at radius 3 is 3.00 bits per heavy atom. The van der Waals surface area contributed by atoms with Crippen molar-refractivity contribution >= 4 is 22.9 Å². The Morgan fingerprint density at radius 2 is 2.33 bits per heavy atom. The molecule has 0 saturated carbocycles. The topological polar surface area (TPSA) is 68.0 Å². The van der Waals surface area contributed by atoms with Crippen LogP contribution < -0.4 is 11.1 Å². The standard InChI is InChI=1S/C12H12FN3OS/c1-7-2-8(14)3-10(11(7)13)12(17)16-5-9-4-15-6-18-9/h2-4,6H,5,14H2,1H3,(H,16,17). The van der Waals surface area contributed by atoms with E-state index in [1.54, 1.807) is 18.6 Å². The molecule has 0 bridgehead atoms. The van der Waals surface area contributed by atoms with Crippen molar-refractivity contribution in [3.05, 3.63) is 45.7 Å². The zero-order valence-corrected chi connectivity index (χ0v) is 10.6. The molecule has 0 radical (unpaired) electrons. The largest absolute Gasteiger partial charge is 0.399 e. The lowest BCUT2D eigenvalue weighted by molar-refractivity contribution is 0.0947. The van der Waals surface area contributed by atoms with Crippen molar-refractivity contribution < 1.29 is 9.18 Å². The average Bonchev–Trinajstić information content (AvgIpc) is 2.83. The number of halogens is 1. The summed E-state index contributed by atoms with van der Waals surface area (Å²) < 4.78 is 13.8. The molecule has 0 unspecified atom stereocenters. The molecule has 0 atom stereocenters. The van der Waals surface area contributed by atoms with Crippen LogP contribution in [0.5, 0.6) is 0 Å². The predicted octanol–water partition coefficient (Wildman–Crippen LogP) is 2.10. The van der Waals surface area contributed by atoms with E-state index in [-0.39, 0.29) is 5.56 Å². The van der Waals surface area contributed by atoms with E-state index in [2.05, 4.69) is 10.3 Å². The normalized spacial score (nSPS) is 10.3. The van der Waals surface area contributed by atoms with E-state index >= 15 is 0 Å². The number of anilines is 1. The van der Waals surface area contributed by atoms with Gasteiger partial charge in [-0.05, 0) is 24.6 Å². The fraction of sp³-hybridized carbons (Fsp3) is 0.167. The molecule has 0 aliphatic carbocycles. The monoisotopic (exact) mass is 265 g/mol. The molecule has 0 aliphatic heterocycles. The number of benzene rings is 1. The third-order valence-electron chi connectivity index (χ3n) is 2.43. The lowest BCUT2D eigenvalue weighted by Gasteiger charge is -2.07. The van der Waals surface area contributed by atoms with Crippen LogP contribution in [0.15, 0.2) is 23.8 Å². The number of amides is 1. The summed E-state index contributed by atoms with van der Waals surface area (Å²) in [5.41, 5.74) is 7.98. The van der Waals surface area contributed by atoms with Crippen LogP contribution in [-0.2, 0) is 6.54 Å². The van der Waals surface area contributed by atoms with Crippen LogP contribution in [0.3, 0.4) is 0 Å². The summed E-state index contributed by atoms with van der Waals surface area (Å²) in [6.07, 6.45) is 1.66. The first kappa shape index (κ1) is 12.5. The van der Waals surface area contributed by atoms with Gasteiger partial charge in [-0.3, -0.25) is 9.78 Å². The SMILES string of the molecule is Cc1cc(N)cc(C(=O)NCc2cncs2)c1F. The van der Waals surface area contributed by atoms with Crippen molar-refractivity contribution in [2.45, 2.75) is 13.5 Å². The van der Waals surface area contributed by atoms with Crippen LogP contribution in [-0.4, -0.2) is 10.9 Å². The lowest BCUT2D eigenvalue weighted by Crippen LogP contribution is -2.24. The van der Waals surface area contributed by atoms with Gasteiger partial charge in [0.15, 0.2) is 0 Å². The van der Waals surface area contributed by atoms with Gasteiger partial charge in [0.25, 0.3) is 5.91 Å². The van der Waals surface area contributed by atoms with E-state index in [1.807, 2.05) is 0 Å². The number of nitrogen functional groups attached to an aromatic ring is 1. The van der Waals surface area contributed by atoms with Crippen molar-refractivity contribution in [3.8, 4) is 0 Å². The third kappa shape index (κ3) is 2.65. The Hall–Kier alpha value is -1.95. The van der Waals surface area contributed by atoms with Gasteiger partial charge in [0.1, 0.15) is 5.82 Å². The molecule has 94 valence electrons. The maximum Gasteiger partial charge on any atom is 0.254 e. The molecule has 6 heteroatoms. The third-order valence-corrected chi connectivity index (χ3v) is 3.21. The van der Waals surface area contributed by atoms with Crippen LogP contribution in [0.25, 0.3) is 0 Å². The van der Waals surface area contributed by atoms with Crippen molar-refractivity contribution in [1.82, 2.24) is 10.3 Å². The number of hydrogen-bond donors (Lipinski definition) is 2. The van der Waals surface area contributed by atoms with Gasteiger partial charge >= 0.3 is 0 Å². The smallest absolute Gasteiger partial charge is 0.254 e. The van der Waals surface area contributed by atoms with E-state index in [1.165, 1.54) is 23.5 Å². The molecule has 0 saturated heterocycles. The second kappa shape index (κ2) is 5.14. The number of rotatable bonds is 3. The van der Waals surface area contributed by atoms with Crippen molar-refractivity contribution in [1.29, 1.82) is 0 Å². The van der Waals surface area contributed by atoms with E-state index in [0.717, 1.165) is 4.88 Å².